The molecule has 0 saturated carbocycles. The summed E-state index contributed by atoms with van der Waals surface area (Å²) in [5.41, 5.74) is 3.44. The highest BCUT2D eigenvalue weighted by Crippen LogP contribution is 2.38. The van der Waals surface area contributed by atoms with E-state index in [0.29, 0.717) is 0 Å². The maximum Gasteiger partial charge on any atom is 0.408 e. The average Bonchev–Trinajstić information content (AvgIpc) is 2.14. The molecule has 0 aliphatic heterocycles. The summed E-state index contributed by atoms with van der Waals surface area (Å²) in [4.78, 5) is 9.58. The number of hydrogen-bond donors (Lipinski definition) is 1. The highest BCUT2D eigenvalue weighted by molar-refractivity contribution is 6.31. The lowest BCUT2D eigenvalue weighted by Crippen LogP contribution is -2.29. The minimum Gasteiger partial charge on any atom is -0.316 e. The molecule has 0 radical (unpaired) electrons. The van der Waals surface area contributed by atoms with Crippen LogP contribution in [0.1, 0.15) is 11.6 Å². The quantitative estimate of drug-likeness (QED) is 0.652. The predicted molar refractivity (Wildman–Crippen MR) is 51.1 cm³/mol. The third-order valence-electron chi connectivity index (χ3n) is 1.89. The first kappa shape index (κ1) is 12.7. The second kappa shape index (κ2) is 4.26. The van der Waals surface area contributed by atoms with Gasteiger partial charge in [0.15, 0.2) is 0 Å². The second-order valence-electron chi connectivity index (χ2n) is 2.95. The molecule has 0 bridgehead atoms. The van der Waals surface area contributed by atoms with E-state index in [2.05, 4.69) is 0 Å². The molecule has 0 saturated heterocycles. The van der Waals surface area contributed by atoms with Crippen molar-refractivity contribution in [2.45, 2.75) is 12.2 Å². The Balaban J connectivity index is 3.36. The van der Waals surface area contributed by atoms with Crippen LogP contribution in [0.3, 0.4) is 0 Å². The summed E-state index contributed by atoms with van der Waals surface area (Å²) in [7, 11) is 0. The van der Waals surface area contributed by atoms with Gasteiger partial charge in [-0.05, 0) is 6.07 Å². The van der Waals surface area contributed by atoms with E-state index in [0.717, 1.165) is 12.1 Å². The summed E-state index contributed by atoms with van der Waals surface area (Å²) in [6.07, 6.45) is -4.78. The number of alkyl halides is 3. The highest BCUT2D eigenvalue weighted by Gasteiger charge is 2.42. The number of benzene rings is 1. The normalized spacial score (nSPS) is 13.6. The zero-order valence-electron chi connectivity index (χ0n) is 7.66. The van der Waals surface area contributed by atoms with E-state index < -0.39 is 28.4 Å². The summed E-state index contributed by atoms with van der Waals surface area (Å²) < 4.78 is 37.1. The molecule has 8 heteroatoms. The highest BCUT2D eigenvalue weighted by atomic mass is 35.5. The van der Waals surface area contributed by atoms with Crippen molar-refractivity contribution in [1.82, 2.24) is 0 Å². The molecule has 1 atom stereocenters. The summed E-state index contributed by atoms with van der Waals surface area (Å²) in [5, 5.41) is 10.2. The Morgan fingerprint density at radius 2 is 2.00 bits per heavy atom. The van der Waals surface area contributed by atoms with Gasteiger partial charge in [0.2, 0.25) is 0 Å². The molecular weight excluding hydrogens is 249 g/mol. The molecule has 1 unspecified atom stereocenters. The maximum atomic E-state index is 12.4. The molecule has 0 amide bonds. The van der Waals surface area contributed by atoms with Gasteiger partial charge in [0, 0.05) is 6.07 Å². The summed E-state index contributed by atoms with van der Waals surface area (Å²) in [6, 6.07) is 0.761. The molecule has 0 spiro atoms. The van der Waals surface area contributed by atoms with Gasteiger partial charge in [0.05, 0.1) is 15.5 Å². The molecule has 1 aromatic carbocycles. The minimum atomic E-state index is -4.78. The van der Waals surface area contributed by atoms with Crippen LogP contribution < -0.4 is 5.73 Å². The van der Waals surface area contributed by atoms with Gasteiger partial charge in [-0.1, -0.05) is 17.7 Å². The first-order valence-corrected chi connectivity index (χ1v) is 4.38. The SMILES string of the molecule is NC(c1c(Cl)cccc1[N+](=O)[O-])C(F)(F)F. The Kier molecular flexibility index (Phi) is 3.39. The van der Waals surface area contributed by atoms with Crippen molar-refractivity contribution in [2.75, 3.05) is 0 Å². The third-order valence-corrected chi connectivity index (χ3v) is 2.22. The van der Waals surface area contributed by atoms with Crippen molar-refractivity contribution in [3.8, 4) is 0 Å². The molecule has 0 heterocycles. The fourth-order valence-corrected chi connectivity index (χ4v) is 1.44. The van der Waals surface area contributed by atoms with Crippen molar-refractivity contribution >= 4 is 17.3 Å². The molecule has 2 N–H and O–H groups in total. The Hall–Kier alpha value is -1.34. The van der Waals surface area contributed by atoms with Crippen LogP contribution in [0.25, 0.3) is 0 Å². The average molecular weight is 255 g/mol. The number of halogens is 4. The molecule has 0 aliphatic rings. The monoisotopic (exact) mass is 254 g/mol. The fraction of sp³-hybridized carbons (Fsp3) is 0.250. The lowest BCUT2D eigenvalue weighted by Gasteiger charge is -2.16. The number of nitro benzene ring substituents is 1. The van der Waals surface area contributed by atoms with Gasteiger partial charge in [-0.15, -0.1) is 0 Å². The molecular formula is C8H6ClF3N2O2. The number of nitro groups is 1. The van der Waals surface area contributed by atoms with E-state index in [4.69, 9.17) is 17.3 Å². The van der Waals surface area contributed by atoms with E-state index in [1.165, 1.54) is 6.07 Å². The van der Waals surface area contributed by atoms with Gasteiger partial charge in [-0.25, -0.2) is 0 Å². The van der Waals surface area contributed by atoms with E-state index >= 15 is 0 Å². The van der Waals surface area contributed by atoms with Gasteiger partial charge >= 0.3 is 6.18 Å². The number of nitrogens with two attached hydrogens (primary N) is 1. The van der Waals surface area contributed by atoms with Gasteiger partial charge in [0.25, 0.3) is 5.69 Å². The fourth-order valence-electron chi connectivity index (χ4n) is 1.16. The summed E-state index contributed by atoms with van der Waals surface area (Å²) in [5.74, 6) is 0. The number of rotatable bonds is 2. The minimum absolute atomic E-state index is 0.376. The zero-order valence-corrected chi connectivity index (χ0v) is 8.42. The van der Waals surface area contributed by atoms with E-state index in [1.807, 2.05) is 0 Å². The van der Waals surface area contributed by atoms with Crippen molar-refractivity contribution in [3.05, 3.63) is 38.9 Å². The summed E-state index contributed by atoms with van der Waals surface area (Å²) in [6.45, 7) is 0. The van der Waals surface area contributed by atoms with Crippen LogP contribution in [0.4, 0.5) is 18.9 Å². The topological polar surface area (TPSA) is 69.2 Å². The van der Waals surface area contributed by atoms with Crippen LogP contribution in [0.2, 0.25) is 5.02 Å². The number of nitrogens with zero attached hydrogens (tertiary/aromatic N) is 1. The Morgan fingerprint density at radius 3 is 2.44 bits per heavy atom. The van der Waals surface area contributed by atoms with Crippen molar-refractivity contribution in [2.24, 2.45) is 5.73 Å². The van der Waals surface area contributed by atoms with Gasteiger partial charge in [-0.3, -0.25) is 10.1 Å². The number of hydrogen-bond acceptors (Lipinski definition) is 3. The van der Waals surface area contributed by atoms with Crippen molar-refractivity contribution < 1.29 is 18.1 Å². The standard InChI is InChI=1S/C8H6ClF3N2O2/c9-4-2-1-3-5(14(15)16)6(4)7(13)8(10,11)12/h1-3,7H,13H2. The first-order valence-electron chi connectivity index (χ1n) is 4.00. The van der Waals surface area contributed by atoms with Crippen molar-refractivity contribution in [3.63, 3.8) is 0 Å². The third kappa shape index (κ3) is 2.42. The van der Waals surface area contributed by atoms with Gasteiger partial charge in [0.1, 0.15) is 6.04 Å². The largest absolute Gasteiger partial charge is 0.408 e. The molecule has 1 aromatic rings. The smallest absolute Gasteiger partial charge is 0.316 e. The zero-order chi connectivity index (χ0) is 12.5. The molecule has 16 heavy (non-hydrogen) atoms. The molecule has 0 aromatic heterocycles. The molecule has 0 aliphatic carbocycles. The molecule has 88 valence electrons. The summed E-state index contributed by atoms with van der Waals surface area (Å²) >= 11 is 5.49. The van der Waals surface area contributed by atoms with E-state index in [9.17, 15) is 23.3 Å². The first-order chi connectivity index (χ1) is 7.25. The van der Waals surface area contributed by atoms with Crippen molar-refractivity contribution in [1.29, 1.82) is 0 Å². The predicted octanol–water partition coefficient (Wildman–Crippen LogP) is 2.81. The van der Waals surface area contributed by atoms with Crippen LogP contribution in [0.5, 0.6) is 0 Å². The van der Waals surface area contributed by atoms with Crippen LogP contribution in [-0.2, 0) is 0 Å². The molecule has 4 nitrogen and oxygen atoms in total. The van der Waals surface area contributed by atoms with Crippen LogP contribution in [0, 0.1) is 10.1 Å². The van der Waals surface area contributed by atoms with Crippen LogP contribution >= 0.6 is 11.6 Å². The Bertz CT molecular complexity index is 422. The Labute approximate surface area is 93.0 Å². The second-order valence-corrected chi connectivity index (χ2v) is 3.36. The van der Waals surface area contributed by atoms with Crippen LogP contribution in [-0.4, -0.2) is 11.1 Å². The van der Waals surface area contributed by atoms with Crippen LogP contribution in [0.15, 0.2) is 18.2 Å². The van der Waals surface area contributed by atoms with Gasteiger partial charge in [-0.2, -0.15) is 13.2 Å². The molecule has 0 fully saturated rings. The van der Waals surface area contributed by atoms with Gasteiger partial charge < -0.3 is 5.73 Å². The maximum absolute atomic E-state index is 12.4. The Morgan fingerprint density at radius 1 is 1.44 bits per heavy atom. The lowest BCUT2D eigenvalue weighted by molar-refractivity contribution is -0.386. The lowest BCUT2D eigenvalue weighted by atomic mass is 10.1. The molecule has 1 rings (SSSR count). The van der Waals surface area contributed by atoms with E-state index in [-0.39, 0.29) is 5.02 Å². The van der Waals surface area contributed by atoms with E-state index in [1.54, 1.807) is 0 Å².